The van der Waals surface area contributed by atoms with Gasteiger partial charge in [0.25, 0.3) is 0 Å². The van der Waals surface area contributed by atoms with Crippen molar-refractivity contribution in [3.63, 3.8) is 0 Å². The van der Waals surface area contributed by atoms with Gasteiger partial charge in [-0.25, -0.2) is 0 Å². The maximum absolute atomic E-state index is 13.1. The van der Waals surface area contributed by atoms with Crippen molar-refractivity contribution in [2.24, 2.45) is 0 Å². The average Bonchev–Trinajstić information content (AvgIpc) is 2.62. The minimum atomic E-state index is -0.858. The second kappa shape index (κ2) is 9.01. The van der Waals surface area contributed by atoms with Gasteiger partial charge in [-0.3, -0.25) is 19.4 Å². The van der Waals surface area contributed by atoms with Crippen molar-refractivity contribution < 1.29 is 19.4 Å². The number of hydrogen-bond acceptors (Lipinski definition) is 5. The molecular formula is C19H26ClN3O4. The highest BCUT2D eigenvalue weighted by Gasteiger charge is 2.37. The molecule has 3 rings (SSSR count). The molecule has 0 aromatic heterocycles. The lowest BCUT2D eigenvalue weighted by Gasteiger charge is -2.42. The number of morpholine rings is 1. The number of carbonyl (C=O) groups is 2. The number of anilines is 1. The van der Waals surface area contributed by atoms with Crippen molar-refractivity contribution in [3.8, 4) is 0 Å². The molecule has 148 valence electrons. The zero-order chi connectivity index (χ0) is 19.4. The van der Waals surface area contributed by atoms with Crippen LogP contribution in [0.15, 0.2) is 24.3 Å². The van der Waals surface area contributed by atoms with Crippen LogP contribution in [0.4, 0.5) is 5.69 Å². The first kappa shape index (κ1) is 20.1. The summed E-state index contributed by atoms with van der Waals surface area (Å²) in [5.74, 6) is -0.781. The summed E-state index contributed by atoms with van der Waals surface area (Å²) in [5.41, 5.74) is 0.764. The van der Waals surface area contributed by atoms with Crippen molar-refractivity contribution in [1.29, 1.82) is 0 Å². The first-order valence-corrected chi connectivity index (χ1v) is 9.65. The van der Waals surface area contributed by atoms with Gasteiger partial charge >= 0.3 is 5.97 Å². The van der Waals surface area contributed by atoms with E-state index in [1.165, 1.54) is 0 Å². The molecule has 1 aromatic rings. The van der Waals surface area contributed by atoms with Crippen molar-refractivity contribution >= 4 is 29.2 Å². The second-order valence-electron chi connectivity index (χ2n) is 7.18. The van der Waals surface area contributed by atoms with E-state index in [0.29, 0.717) is 37.8 Å². The second-order valence-corrected chi connectivity index (χ2v) is 7.58. The monoisotopic (exact) mass is 395 g/mol. The predicted molar refractivity (Wildman–Crippen MR) is 103 cm³/mol. The summed E-state index contributed by atoms with van der Waals surface area (Å²) in [5, 5.41) is 9.49. The van der Waals surface area contributed by atoms with E-state index in [1.807, 2.05) is 18.2 Å². The summed E-state index contributed by atoms with van der Waals surface area (Å²) >= 11 is 6.30. The molecule has 27 heavy (non-hydrogen) atoms. The van der Waals surface area contributed by atoms with Crippen LogP contribution >= 0.6 is 11.6 Å². The lowest BCUT2D eigenvalue weighted by Crippen LogP contribution is -2.58. The van der Waals surface area contributed by atoms with E-state index < -0.39 is 5.97 Å². The first-order valence-electron chi connectivity index (χ1n) is 9.27. The van der Waals surface area contributed by atoms with E-state index in [1.54, 1.807) is 22.9 Å². The molecule has 2 saturated heterocycles. The largest absolute Gasteiger partial charge is 0.480 e. The highest BCUT2D eigenvalue weighted by atomic mass is 35.5. The van der Waals surface area contributed by atoms with Crippen molar-refractivity contribution in [1.82, 2.24) is 9.80 Å². The van der Waals surface area contributed by atoms with Crippen LogP contribution < -0.4 is 4.90 Å². The molecule has 7 nitrogen and oxygen atoms in total. The number of piperidine rings is 1. The fourth-order valence-corrected chi connectivity index (χ4v) is 4.12. The number of benzene rings is 1. The van der Waals surface area contributed by atoms with E-state index in [-0.39, 0.29) is 24.6 Å². The van der Waals surface area contributed by atoms with Gasteiger partial charge in [0, 0.05) is 26.2 Å². The molecular weight excluding hydrogens is 370 g/mol. The van der Waals surface area contributed by atoms with Gasteiger partial charge in [0.1, 0.15) is 0 Å². The van der Waals surface area contributed by atoms with E-state index in [9.17, 15) is 9.59 Å². The summed E-state index contributed by atoms with van der Waals surface area (Å²) in [6, 6.07) is 7.24. The molecule has 1 N–H and O–H groups in total. The Balaban J connectivity index is 1.65. The summed E-state index contributed by atoms with van der Waals surface area (Å²) in [7, 11) is 1.77. The van der Waals surface area contributed by atoms with Crippen LogP contribution in [-0.4, -0.2) is 85.3 Å². The number of para-hydroxylation sites is 1. The molecule has 2 unspecified atom stereocenters. The maximum atomic E-state index is 13.1. The Morgan fingerprint density at radius 2 is 2.15 bits per heavy atom. The van der Waals surface area contributed by atoms with Gasteiger partial charge in [-0.1, -0.05) is 23.7 Å². The first-order chi connectivity index (χ1) is 13.0. The van der Waals surface area contributed by atoms with E-state index in [2.05, 4.69) is 4.90 Å². The maximum Gasteiger partial charge on any atom is 0.317 e. The van der Waals surface area contributed by atoms with Crippen LogP contribution in [0.5, 0.6) is 0 Å². The SMILES string of the molecule is CN(CC(=O)O)CC1CN(C2CCCN(c3ccccc3Cl)C2=O)CCO1. The Labute approximate surface area is 164 Å². The number of amides is 1. The van der Waals surface area contributed by atoms with Gasteiger partial charge in [0.2, 0.25) is 5.91 Å². The number of hydrogen-bond donors (Lipinski definition) is 1. The molecule has 0 radical (unpaired) electrons. The lowest BCUT2D eigenvalue weighted by atomic mass is 10.0. The van der Waals surface area contributed by atoms with Crippen LogP contribution in [-0.2, 0) is 14.3 Å². The molecule has 2 aliphatic heterocycles. The molecule has 2 fully saturated rings. The number of aliphatic carboxylic acids is 1. The Hall–Kier alpha value is -1.67. The number of ether oxygens (including phenoxy) is 1. The number of carboxylic acid groups (broad SMARTS) is 1. The van der Waals surface area contributed by atoms with Crippen molar-refractivity contribution in [2.45, 2.75) is 25.0 Å². The van der Waals surface area contributed by atoms with Gasteiger partial charge in [-0.15, -0.1) is 0 Å². The van der Waals surface area contributed by atoms with Crippen LogP contribution in [0.2, 0.25) is 5.02 Å². The fraction of sp³-hybridized carbons (Fsp3) is 0.579. The molecule has 1 aromatic carbocycles. The minimum Gasteiger partial charge on any atom is -0.480 e. The Bertz CT molecular complexity index is 687. The van der Waals surface area contributed by atoms with Gasteiger partial charge in [-0.05, 0) is 32.0 Å². The standard InChI is InChI=1S/C19H26ClN3O4/c1-21(13-18(24)25)11-14-12-22(9-10-27-14)17-7-4-8-23(19(17)26)16-6-3-2-5-15(16)20/h2-3,5-6,14,17H,4,7-13H2,1H3,(H,24,25). The summed E-state index contributed by atoms with van der Waals surface area (Å²) in [6.45, 7) is 3.04. The van der Waals surface area contributed by atoms with Gasteiger partial charge < -0.3 is 14.7 Å². The molecule has 0 saturated carbocycles. The van der Waals surface area contributed by atoms with E-state index >= 15 is 0 Å². The molecule has 1 amide bonds. The van der Waals surface area contributed by atoms with Crippen molar-refractivity contribution in [2.75, 3.05) is 51.3 Å². The number of nitrogens with zero attached hydrogens (tertiary/aromatic N) is 3. The summed E-state index contributed by atoms with van der Waals surface area (Å²) in [4.78, 5) is 29.7. The summed E-state index contributed by atoms with van der Waals surface area (Å²) < 4.78 is 5.79. The average molecular weight is 396 g/mol. The third-order valence-electron chi connectivity index (χ3n) is 5.09. The fourth-order valence-electron chi connectivity index (χ4n) is 3.88. The lowest BCUT2D eigenvalue weighted by molar-refractivity contribution is -0.138. The third-order valence-corrected chi connectivity index (χ3v) is 5.40. The third kappa shape index (κ3) is 4.99. The van der Waals surface area contributed by atoms with Gasteiger partial charge in [0.05, 0.1) is 36.0 Å². The smallest absolute Gasteiger partial charge is 0.317 e. The molecule has 2 atom stereocenters. The number of halogens is 1. The van der Waals surface area contributed by atoms with E-state index in [4.69, 9.17) is 21.4 Å². The predicted octanol–water partition coefficient (Wildman–Crippen LogP) is 1.55. The van der Waals surface area contributed by atoms with E-state index in [0.717, 1.165) is 18.5 Å². The molecule has 0 aliphatic carbocycles. The number of rotatable bonds is 6. The van der Waals surface area contributed by atoms with Crippen LogP contribution in [0.25, 0.3) is 0 Å². The zero-order valence-electron chi connectivity index (χ0n) is 15.5. The number of likely N-dealkylation sites (N-methyl/N-ethyl adjacent to an activating group) is 1. The quantitative estimate of drug-likeness (QED) is 0.787. The Morgan fingerprint density at radius 1 is 1.37 bits per heavy atom. The molecule has 0 bridgehead atoms. The minimum absolute atomic E-state index is 0.0253. The molecule has 2 aliphatic rings. The zero-order valence-corrected chi connectivity index (χ0v) is 16.3. The van der Waals surface area contributed by atoms with Gasteiger partial charge in [0.15, 0.2) is 0 Å². The molecule has 2 heterocycles. The van der Waals surface area contributed by atoms with Gasteiger partial charge in [-0.2, -0.15) is 0 Å². The summed E-state index contributed by atoms with van der Waals surface area (Å²) in [6.07, 6.45) is 1.63. The van der Waals surface area contributed by atoms with Crippen LogP contribution in [0.3, 0.4) is 0 Å². The number of carbonyl (C=O) groups excluding carboxylic acids is 1. The normalized spacial score (nSPS) is 24.4. The van der Waals surface area contributed by atoms with Crippen molar-refractivity contribution in [3.05, 3.63) is 29.3 Å². The van der Waals surface area contributed by atoms with Crippen LogP contribution in [0, 0.1) is 0 Å². The highest BCUT2D eigenvalue weighted by molar-refractivity contribution is 6.33. The highest BCUT2D eigenvalue weighted by Crippen LogP contribution is 2.30. The topological polar surface area (TPSA) is 73.3 Å². The Kier molecular flexibility index (Phi) is 6.70. The number of carboxylic acids is 1. The molecule has 8 heteroatoms. The molecule has 0 spiro atoms. The van der Waals surface area contributed by atoms with Crippen LogP contribution in [0.1, 0.15) is 12.8 Å². The Morgan fingerprint density at radius 3 is 2.89 bits per heavy atom.